The van der Waals surface area contributed by atoms with Crippen LogP contribution < -0.4 is 15.5 Å². The van der Waals surface area contributed by atoms with Gasteiger partial charge in [-0.15, -0.1) is 17.0 Å². The number of nitrogens with one attached hydrogen (secondary N) is 3. The summed E-state index contributed by atoms with van der Waals surface area (Å²) in [6.07, 6.45) is 0. The van der Waals surface area contributed by atoms with E-state index < -0.39 is 0 Å². The Balaban J connectivity index is 0.00000507. The topological polar surface area (TPSA) is 115 Å². The average molecular weight is 589 g/mol. The molecule has 0 fully saturated rings. The number of ether oxygens (including phenoxy) is 1. The van der Waals surface area contributed by atoms with Crippen molar-refractivity contribution in [2.45, 2.75) is 39.7 Å². The summed E-state index contributed by atoms with van der Waals surface area (Å²) in [5, 5.41) is 14.5. The van der Waals surface area contributed by atoms with Crippen LogP contribution in [-0.2, 0) is 21.5 Å². The molecule has 10 heteroatoms. The van der Waals surface area contributed by atoms with Gasteiger partial charge in [-0.25, -0.2) is 0 Å². The lowest BCUT2D eigenvalue weighted by Gasteiger charge is -2.25. The van der Waals surface area contributed by atoms with Crippen LogP contribution in [-0.4, -0.2) is 69.2 Å². The largest absolute Gasteiger partial charge is 0.465 e. The Kier molecular flexibility index (Phi) is 10.1. The van der Waals surface area contributed by atoms with Gasteiger partial charge in [0.1, 0.15) is 12.4 Å². The quantitative estimate of drug-likeness (QED) is 0.300. The zero-order valence-electron chi connectivity index (χ0n) is 23.2. The Morgan fingerprint density at radius 1 is 1.13 bits per heavy atom. The van der Waals surface area contributed by atoms with Crippen molar-refractivity contribution < 1.29 is 19.1 Å². The molecule has 0 unspecified atom stereocenters. The zero-order valence-corrected chi connectivity index (χ0v) is 24.9. The number of carbonyl (C=O) groups excluding carboxylic acids is 3. The number of amides is 1. The number of rotatable bonds is 9. The number of benzene rings is 2. The minimum Gasteiger partial charge on any atom is -0.465 e. The summed E-state index contributed by atoms with van der Waals surface area (Å²) in [4.78, 5) is 41.2. The van der Waals surface area contributed by atoms with Crippen molar-refractivity contribution in [1.82, 2.24) is 10.2 Å². The second-order valence-electron chi connectivity index (χ2n) is 10.3. The van der Waals surface area contributed by atoms with E-state index in [1.54, 1.807) is 31.0 Å². The molecule has 2 aromatic rings. The first-order valence-electron chi connectivity index (χ1n) is 12.3. The highest BCUT2D eigenvalue weighted by molar-refractivity contribution is 8.93. The van der Waals surface area contributed by atoms with Crippen molar-refractivity contribution in [2.75, 3.05) is 51.1 Å². The standard InChI is InChI=1S/C28H37N5O4.BrH/c1-8-37-25(35)14-31-22-10-9-17(11-21(22)28(2,3)4)24(34)16-33-15-18-12-23(32(6)7)20(27(36)30-5)13-19(18)26(33)29;/h9-13,29,31H,8,14-16H2,1-7H3,(H,30,36);1H. The number of anilines is 2. The van der Waals surface area contributed by atoms with E-state index in [0.717, 1.165) is 22.5 Å². The molecule has 0 atom stereocenters. The van der Waals surface area contributed by atoms with E-state index in [-0.39, 0.29) is 59.0 Å². The molecule has 3 rings (SSSR count). The van der Waals surface area contributed by atoms with Gasteiger partial charge in [0.15, 0.2) is 5.78 Å². The van der Waals surface area contributed by atoms with Crippen LogP contribution in [0.2, 0.25) is 0 Å². The summed E-state index contributed by atoms with van der Waals surface area (Å²) in [7, 11) is 5.32. The minimum atomic E-state index is -0.341. The number of hydrogen-bond acceptors (Lipinski definition) is 7. The van der Waals surface area contributed by atoms with Crippen LogP contribution in [0.5, 0.6) is 0 Å². The van der Waals surface area contributed by atoms with Gasteiger partial charge in [0, 0.05) is 50.2 Å². The fourth-order valence-corrected chi connectivity index (χ4v) is 4.40. The third-order valence-electron chi connectivity index (χ3n) is 6.32. The molecule has 0 bridgehead atoms. The highest BCUT2D eigenvalue weighted by Gasteiger charge is 2.29. The number of amidine groups is 1. The minimum absolute atomic E-state index is 0. The summed E-state index contributed by atoms with van der Waals surface area (Å²) < 4.78 is 5.00. The van der Waals surface area contributed by atoms with Gasteiger partial charge in [0.05, 0.1) is 18.7 Å². The van der Waals surface area contributed by atoms with Gasteiger partial charge >= 0.3 is 5.97 Å². The number of ketones is 1. The molecule has 1 amide bonds. The highest BCUT2D eigenvalue weighted by atomic mass is 79.9. The maximum Gasteiger partial charge on any atom is 0.325 e. The predicted octanol–water partition coefficient (Wildman–Crippen LogP) is 3.99. The van der Waals surface area contributed by atoms with Crippen molar-refractivity contribution in [3.8, 4) is 0 Å². The van der Waals surface area contributed by atoms with Crippen LogP contribution in [0.3, 0.4) is 0 Å². The molecular formula is C28H38BrN5O4. The molecule has 2 aromatic carbocycles. The first-order valence-corrected chi connectivity index (χ1v) is 12.3. The van der Waals surface area contributed by atoms with Gasteiger partial charge in [-0.05, 0) is 53.8 Å². The monoisotopic (exact) mass is 587 g/mol. The number of halogens is 1. The van der Waals surface area contributed by atoms with Gasteiger partial charge in [-0.2, -0.15) is 0 Å². The highest BCUT2D eigenvalue weighted by Crippen LogP contribution is 2.32. The smallest absolute Gasteiger partial charge is 0.325 e. The van der Waals surface area contributed by atoms with Crippen LogP contribution >= 0.6 is 17.0 Å². The number of nitrogens with zero attached hydrogens (tertiary/aromatic N) is 2. The Morgan fingerprint density at radius 3 is 2.39 bits per heavy atom. The van der Waals surface area contributed by atoms with E-state index in [0.29, 0.717) is 29.8 Å². The first kappa shape index (κ1) is 30.8. The van der Waals surface area contributed by atoms with Gasteiger partial charge in [0.25, 0.3) is 5.91 Å². The molecule has 0 radical (unpaired) electrons. The van der Waals surface area contributed by atoms with Crippen molar-refractivity contribution in [3.63, 3.8) is 0 Å². The molecule has 1 heterocycles. The fourth-order valence-electron chi connectivity index (χ4n) is 4.40. The van der Waals surface area contributed by atoms with Crippen LogP contribution in [0, 0.1) is 5.41 Å². The fraction of sp³-hybridized carbons (Fsp3) is 0.429. The molecule has 206 valence electrons. The number of esters is 1. The Bertz CT molecular complexity index is 1240. The molecule has 1 aliphatic heterocycles. The van der Waals surface area contributed by atoms with E-state index in [1.807, 2.05) is 58.0 Å². The summed E-state index contributed by atoms with van der Waals surface area (Å²) in [5.41, 5.74) is 4.77. The first-order chi connectivity index (χ1) is 17.4. The summed E-state index contributed by atoms with van der Waals surface area (Å²) >= 11 is 0. The number of Topliss-reactive ketones (excluding diaryl/α,β-unsaturated/α-hetero) is 1. The van der Waals surface area contributed by atoms with Gasteiger partial charge in [-0.3, -0.25) is 19.8 Å². The molecule has 9 nitrogen and oxygen atoms in total. The Hall–Kier alpha value is -3.40. The molecule has 0 saturated heterocycles. The lowest BCUT2D eigenvalue weighted by Crippen LogP contribution is -2.30. The lowest BCUT2D eigenvalue weighted by atomic mass is 9.84. The van der Waals surface area contributed by atoms with E-state index in [4.69, 9.17) is 10.1 Å². The van der Waals surface area contributed by atoms with Crippen LogP contribution in [0.15, 0.2) is 30.3 Å². The van der Waals surface area contributed by atoms with Crippen molar-refractivity contribution in [1.29, 1.82) is 5.41 Å². The molecule has 1 aliphatic rings. The van der Waals surface area contributed by atoms with Gasteiger partial charge in [-0.1, -0.05) is 20.8 Å². The summed E-state index contributed by atoms with van der Waals surface area (Å²) in [6.45, 7) is 8.72. The van der Waals surface area contributed by atoms with Gasteiger partial charge < -0.3 is 25.2 Å². The molecular weight excluding hydrogens is 550 g/mol. The third-order valence-corrected chi connectivity index (χ3v) is 6.32. The van der Waals surface area contributed by atoms with E-state index in [1.165, 1.54) is 0 Å². The van der Waals surface area contributed by atoms with E-state index >= 15 is 0 Å². The SMILES string of the molecule is Br.CCOC(=O)CNc1ccc(C(=O)CN2Cc3cc(N(C)C)c(C(=O)NC)cc3C2=N)cc1C(C)(C)C. The average Bonchev–Trinajstić information content (AvgIpc) is 3.15. The van der Waals surface area contributed by atoms with Gasteiger partial charge in [0.2, 0.25) is 0 Å². The zero-order chi connectivity index (χ0) is 27.5. The summed E-state index contributed by atoms with van der Waals surface area (Å²) in [5.74, 6) is -0.450. The maximum atomic E-state index is 13.3. The maximum absolute atomic E-state index is 13.3. The van der Waals surface area contributed by atoms with Crippen molar-refractivity contribution in [2.24, 2.45) is 0 Å². The third kappa shape index (κ3) is 6.72. The molecule has 0 aromatic heterocycles. The summed E-state index contributed by atoms with van der Waals surface area (Å²) in [6, 6.07) is 9.07. The Labute approximate surface area is 235 Å². The van der Waals surface area contributed by atoms with Crippen LogP contribution in [0.4, 0.5) is 11.4 Å². The number of hydrogen-bond donors (Lipinski definition) is 3. The van der Waals surface area contributed by atoms with Crippen LogP contribution in [0.1, 0.15) is 65.1 Å². The Morgan fingerprint density at radius 2 is 1.82 bits per heavy atom. The van der Waals surface area contributed by atoms with Crippen molar-refractivity contribution >= 4 is 51.9 Å². The molecule has 0 spiro atoms. The molecule has 0 saturated carbocycles. The molecule has 38 heavy (non-hydrogen) atoms. The van der Waals surface area contributed by atoms with Crippen molar-refractivity contribution in [3.05, 3.63) is 58.1 Å². The predicted molar refractivity (Wildman–Crippen MR) is 156 cm³/mol. The van der Waals surface area contributed by atoms with E-state index in [9.17, 15) is 14.4 Å². The molecule has 3 N–H and O–H groups in total. The second kappa shape index (κ2) is 12.4. The van der Waals surface area contributed by atoms with Crippen LogP contribution in [0.25, 0.3) is 0 Å². The normalized spacial score (nSPS) is 12.4. The van der Waals surface area contributed by atoms with E-state index in [2.05, 4.69) is 10.6 Å². The number of carbonyl (C=O) groups is 3. The lowest BCUT2D eigenvalue weighted by molar-refractivity contribution is -0.140. The molecule has 0 aliphatic carbocycles. The number of fused-ring (bicyclic) bond motifs is 1. The second-order valence-corrected chi connectivity index (χ2v) is 10.3.